The summed E-state index contributed by atoms with van der Waals surface area (Å²) in [6.07, 6.45) is 0.708. The van der Waals surface area contributed by atoms with E-state index in [4.69, 9.17) is 20.9 Å². The summed E-state index contributed by atoms with van der Waals surface area (Å²) >= 11 is 6.29. The Bertz CT molecular complexity index is 756. The summed E-state index contributed by atoms with van der Waals surface area (Å²) in [5.74, 6) is 1.72. The van der Waals surface area contributed by atoms with Gasteiger partial charge in [-0.05, 0) is 23.3 Å². The molecule has 3 rings (SSSR count). The molecule has 4 nitrogen and oxygen atoms in total. The number of hydrogen-bond acceptors (Lipinski definition) is 4. The van der Waals surface area contributed by atoms with E-state index in [9.17, 15) is 0 Å². The molecule has 0 fully saturated rings. The van der Waals surface area contributed by atoms with Crippen LogP contribution in [0, 0.1) is 0 Å². The van der Waals surface area contributed by atoms with E-state index in [1.807, 2.05) is 55.5 Å². The zero-order chi connectivity index (χ0) is 15.4. The molecule has 112 valence electrons. The predicted molar refractivity (Wildman–Crippen MR) is 84.9 cm³/mol. The molecular weight excluding hydrogens is 300 g/mol. The van der Waals surface area contributed by atoms with Crippen LogP contribution in [-0.4, -0.2) is 10.1 Å². The van der Waals surface area contributed by atoms with E-state index in [0.29, 0.717) is 28.9 Å². The standard InChI is InChI=1S/C17H15ClN2O2/c1-2-17-19-16(20-22-17)11-21-15-9-8-13(10-14(15)18)12-6-4-3-5-7-12/h3-10H,2,11H2,1H3. The lowest BCUT2D eigenvalue weighted by Crippen LogP contribution is -1.98. The largest absolute Gasteiger partial charge is 0.484 e. The van der Waals surface area contributed by atoms with Gasteiger partial charge in [-0.1, -0.05) is 60.1 Å². The number of halogens is 1. The SMILES string of the molecule is CCc1nc(COc2ccc(-c3ccccc3)cc2Cl)no1. The average Bonchev–Trinajstić information content (AvgIpc) is 3.02. The number of rotatable bonds is 5. The Kier molecular flexibility index (Phi) is 4.39. The second kappa shape index (κ2) is 6.62. The summed E-state index contributed by atoms with van der Waals surface area (Å²) in [7, 11) is 0. The third-order valence-electron chi connectivity index (χ3n) is 3.21. The number of hydrogen-bond donors (Lipinski definition) is 0. The molecule has 0 saturated carbocycles. The Balaban J connectivity index is 1.72. The number of nitrogens with zero attached hydrogens (tertiary/aromatic N) is 2. The van der Waals surface area contributed by atoms with Crippen molar-refractivity contribution in [3.05, 3.63) is 65.3 Å². The summed E-state index contributed by atoms with van der Waals surface area (Å²) in [6, 6.07) is 15.8. The molecule has 0 spiro atoms. The first-order valence-corrected chi connectivity index (χ1v) is 7.43. The van der Waals surface area contributed by atoms with Gasteiger partial charge in [0.25, 0.3) is 0 Å². The van der Waals surface area contributed by atoms with E-state index < -0.39 is 0 Å². The molecule has 0 bridgehead atoms. The fraction of sp³-hybridized carbons (Fsp3) is 0.176. The molecule has 1 heterocycles. The Hall–Kier alpha value is -2.33. The van der Waals surface area contributed by atoms with Crippen LogP contribution in [0.3, 0.4) is 0 Å². The summed E-state index contributed by atoms with van der Waals surface area (Å²) in [6.45, 7) is 2.19. The third kappa shape index (κ3) is 3.28. The van der Waals surface area contributed by atoms with Crippen LogP contribution in [0.5, 0.6) is 5.75 Å². The van der Waals surface area contributed by atoms with Crippen LogP contribution < -0.4 is 4.74 Å². The zero-order valence-corrected chi connectivity index (χ0v) is 12.9. The molecule has 0 aliphatic carbocycles. The number of ether oxygens (including phenoxy) is 1. The maximum Gasteiger partial charge on any atom is 0.226 e. The van der Waals surface area contributed by atoms with Gasteiger partial charge in [-0.15, -0.1) is 0 Å². The minimum atomic E-state index is 0.230. The van der Waals surface area contributed by atoms with Gasteiger partial charge in [-0.25, -0.2) is 0 Å². The first-order valence-electron chi connectivity index (χ1n) is 7.05. The Labute approximate surface area is 133 Å². The smallest absolute Gasteiger partial charge is 0.226 e. The molecule has 0 unspecified atom stereocenters. The van der Waals surface area contributed by atoms with Crippen molar-refractivity contribution >= 4 is 11.6 Å². The van der Waals surface area contributed by atoms with Crippen LogP contribution in [0.25, 0.3) is 11.1 Å². The number of aromatic nitrogens is 2. The summed E-state index contributed by atoms with van der Waals surface area (Å²) in [5, 5.41) is 4.40. The van der Waals surface area contributed by atoms with Crippen LogP contribution in [-0.2, 0) is 13.0 Å². The van der Waals surface area contributed by atoms with E-state index in [0.717, 1.165) is 11.1 Å². The quantitative estimate of drug-likeness (QED) is 0.694. The number of benzene rings is 2. The van der Waals surface area contributed by atoms with Crippen molar-refractivity contribution in [2.24, 2.45) is 0 Å². The van der Waals surface area contributed by atoms with Crippen LogP contribution >= 0.6 is 11.6 Å². The van der Waals surface area contributed by atoms with Gasteiger partial charge in [0.2, 0.25) is 11.7 Å². The van der Waals surface area contributed by atoms with Crippen molar-refractivity contribution in [3.8, 4) is 16.9 Å². The Morgan fingerprint density at radius 1 is 1.09 bits per heavy atom. The first kappa shape index (κ1) is 14.6. The highest BCUT2D eigenvalue weighted by Gasteiger charge is 2.08. The molecule has 1 aromatic heterocycles. The molecule has 0 amide bonds. The van der Waals surface area contributed by atoms with Crippen molar-refractivity contribution in [2.75, 3.05) is 0 Å². The van der Waals surface area contributed by atoms with Crippen LogP contribution in [0.1, 0.15) is 18.6 Å². The molecule has 0 atom stereocenters. The highest BCUT2D eigenvalue weighted by atomic mass is 35.5. The lowest BCUT2D eigenvalue weighted by Gasteiger charge is -2.08. The average molecular weight is 315 g/mol. The zero-order valence-electron chi connectivity index (χ0n) is 12.1. The minimum Gasteiger partial charge on any atom is -0.484 e. The number of aryl methyl sites for hydroxylation is 1. The molecule has 5 heteroatoms. The van der Waals surface area contributed by atoms with Gasteiger partial charge in [-0.2, -0.15) is 4.98 Å². The maximum absolute atomic E-state index is 6.29. The van der Waals surface area contributed by atoms with Crippen LogP contribution in [0.2, 0.25) is 5.02 Å². The second-order valence-corrected chi connectivity index (χ2v) is 5.16. The normalized spacial score (nSPS) is 10.6. The monoisotopic (exact) mass is 314 g/mol. The van der Waals surface area contributed by atoms with Crippen molar-refractivity contribution in [3.63, 3.8) is 0 Å². The Morgan fingerprint density at radius 2 is 1.91 bits per heavy atom. The van der Waals surface area contributed by atoms with E-state index in [1.165, 1.54) is 0 Å². The minimum absolute atomic E-state index is 0.230. The van der Waals surface area contributed by atoms with Crippen LogP contribution in [0.15, 0.2) is 53.1 Å². The lowest BCUT2D eigenvalue weighted by atomic mass is 10.1. The van der Waals surface area contributed by atoms with Crippen LogP contribution in [0.4, 0.5) is 0 Å². The van der Waals surface area contributed by atoms with Gasteiger partial charge in [0.15, 0.2) is 6.61 Å². The van der Waals surface area contributed by atoms with Gasteiger partial charge in [0.1, 0.15) is 5.75 Å². The topological polar surface area (TPSA) is 48.2 Å². The van der Waals surface area contributed by atoms with E-state index in [-0.39, 0.29) is 6.61 Å². The highest BCUT2D eigenvalue weighted by Crippen LogP contribution is 2.30. The predicted octanol–water partition coefficient (Wildman–Crippen LogP) is 4.53. The molecule has 0 saturated heterocycles. The van der Waals surface area contributed by atoms with Gasteiger partial charge in [0, 0.05) is 6.42 Å². The van der Waals surface area contributed by atoms with Gasteiger partial charge >= 0.3 is 0 Å². The van der Waals surface area contributed by atoms with E-state index in [2.05, 4.69) is 10.1 Å². The van der Waals surface area contributed by atoms with Gasteiger partial charge in [-0.3, -0.25) is 0 Å². The molecule has 0 N–H and O–H groups in total. The van der Waals surface area contributed by atoms with Crippen molar-refractivity contribution in [1.29, 1.82) is 0 Å². The fourth-order valence-electron chi connectivity index (χ4n) is 2.06. The van der Waals surface area contributed by atoms with Crippen molar-refractivity contribution < 1.29 is 9.26 Å². The molecule has 22 heavy (non-hydrogen) atoms. The van der Waals surface area contributed by atoms with Gasteiger partial charge in [0.05, 0.1) is 5.02 Å². The summed E-state index contributed by atoms with van der Waals surface area (Å²) in [5.41, 5.74) is 2.16. The molecule has 0 radical (unpaired) electrons. The third-order valence-corrected chi connectivity index (χ3v) is 3.50. The van der Waals surface area contributed by atoms with Gasteiger partial charge < -0.3 is 9.26 Å². The van der Waals surface area contributed by atoms with Crippen molar-refractivity contribution in [1.82, 2.24) is 10.1 Å². The molecule has 2 aromatic carbocycles. The molecule has 0 aliphatic heterocycles. The molecule has 0 aliphatic rings. The molecule has 3 aromatic rings. The molecular formula is C17H15ClN2O2. The fourth-order valence-corrected chi connectivity index (χ4v) is 2.30. The highest BCUT2D eigenvalue weighted by molar-refractivity contribution is 6.32. The van der Waals surface area contributed by atoms with E-state index >= 15 is 0 Å². The second-order valence-electron chi connectivity index (χ2n) is 4.76. The van der Waals surface area contributed by atoms with Crippen molar-refractivity contribution in [2.45, 2.75) is 20.0 Å². The Morgan fingerprint density at radius 3 is 2.59 bits per heavy atom. The summed E-state index contributed by atoms with van der Waals surface area (Å²) in [4.78, 5) is 4.19. The summed E-state index contributed by atoms with van der Waals surface area (Å²) < 4.78 is 10.7. The first-order chi connectivity index (χ1) is 10.8. The van der Waals surface area contributed by atoms with E-state index in [1.54, 1.807) is 0 Å². The maximum atomic E-state index is 6.29. The lowest BCUT2D eigenvalue weighted by molar-refractivity contribution is 0.285.